The first-order valence-electron chi connectivity index (χ1n) is 10.5. The number of fused-ring (bicyclic) bond motifs is 1. The summed E-state index contributed by atoms with van der Waals surface area (Å²) in [7, 11) is 0. The van der Waals surface area contributed by atoms with Gasteiger partial charge in [0.15, 0.2) is 0 Å². The number of pyridine rings is 1. The Kier molecular flexibility index (Phi) is 5.11. The lowest BCUT2D eigenvalue weighted by Gasteiger charge is -2.30. The highest BCUT2D eigenvalue weighted by Gasteiger charge is 2.26. The van der Waals surface area contributed by atoms with Crippen molar-refractivity contribution in [1.82, 2.24) is 23.8 Å². The van der Waals surface area contributed by atoms with E-state index < -0.39 is 6.10 Å². The van der Waals surface area contributed by atoms with Crippen LogP contribution >= 0.6 is 11.3 Å². The average Bonchev–Trinajstić information content (AvgIpc) is 3.45. The highest BCUT2D eigenvalue weighted by Crippen LogP contribution is 2.28. The van der Waals surface area contributed by atoms with Crippen molar-refractivity contribution in [3.63, 3.8) is 0 Å². The van der Waals surface area contributed by atoms with E-state index in [9.17, 15) is 9.90 Å². The van der Waals surface area contributed by atoms with Gasteiger partial charge in [0.25, 0.3) is 5.91 Å². The molecule has 0 aromatic carbocycles. The second-order valence-corrected chi connectivity index (χ2v) is 9.17. The SMILES string of the molecule is Cc1nc(Cn2cc(-c3cc(C(=O)N4CCC[C@H](O)C4)c4ccccn34)nc2C)cs1. The molecule has 8 heteroatoms. The molecule has 0 aliphatic carbocycles. The quantitative estimate of drug-likeness (QED) is 0.532. The molecule has 5 heterocycles. The molecule has 31 heavy (non-hydrogen) atoms. The number of aliphatic hydroxyl groups is 1. The van der Waals surface area contributed by atoms with Crippen LogP contribution in [0.25, 0.3) is 16.9 Å². The first kappa shape index (κ1) is 20.0. The largest absolute Gasteiger partial charge is 0.391 e. The predicted molar refractivity (Wildman–Crippen MR) is 120 cm³/mol. The van der Waals surface area contributed by atoms with E-state index in [0.29, 0.717) is 25.2 Å². The lowest BCUT2D eigenvalue weighted by atomic mass is 10.1. The molecule has 1 atom stereocenters. The van der Waals surface area contributed by atoms with Gasteiger partial charge in [-0.15, -0.1) is 11.3 Å². The Morgan fingerprint density at radius 3 is 2.94 bits per heavy atom. The summed E-state index contributed by atoms with van der Waals surface area (Å²) in [6.07, 6.45) is 5.12. The number of carbonyl (C=O) groups is 1. The first-order chi connectivity index (χ1) is 15.0. The number of likely N-dealkylation sites (tertiary alicyclic amines) is 1. The van der Waals surface area contributed by atoms with Crippen LogP contribution in [-0.2, 0) is 6.54 Å². The summed E-state index contributed by atoms with van der Waals surface area (Å²) in [5.74, 6) is 0.862. The number of piperidine rings is 1. The van der Waals surface area contributed by atoms with E-state index in [1.165, 1.54) is 0 Å². The summed E-state index contributed by atoms with van der Waals surface area (Å²) in [6.45, 7) is 5.73. The maximum atomic E-state index is 13.3. The molecule has 1 saturated heterocycles. The molecule has 0 radical (unpaired) electrons. The van der Waals surface area contributed by atoms with Gasteiger partial charge in [-0.3, -0.25) is 4.79 Å². The van der Waals surface area contributed by atoms with Crippen LogP contribution < -0.4 is 0 Å². The molecule has 4 aromatic heterocycles. The molecule has 0 bridgehead atoms. The zero-order chi connectivity index (χ0) is 21.5. The number of hydrogen-bond donors (Lipinski definition) is 1. The molecule has 7 nitrogen and oxygen atoms in total. The second-order valence-electron chi connectivity index (χ2n) is 8.11. The Bertz CT molecular complexity index is 1250. The monoisotopic (exact) mass is 435 g/mol. The molecule has 160 valence electrons. The van der Waals surface area contributed by atoms with Crippen molar-refractivity contribution in [1.29, 1.82) is 0 Å². The van der Waals surface area contributed by atoms with Crippen LogP contribution in [0.1, 0.15) is 39.7 Å². The van der Waals surface area contributed by atoms with Gasteiger partial charge in [-0.05, 0) is 44.9 Å². The maximum Gasteiger partial charge on any atom is 0.256 e. The molecule has 1 amide bonds. The van der Waals surface area contributed by atoms with Gasteiger partial charge in [-0.25, -0.2) is 9.97 Å². The van der Waals surface area contributed by atoms with Crippen molar-refractivity contribution in [2.75, 3.05) is 13.1 Å². The van der Waals surface area contributed by atoms with Gasteiger partial charge in [0.05, 0.1) is 40.1 Å². The highest BCUT2D eigenvalue weighted by molar-refractivity contribution is 7.09. The van der Waals surface area contributed by atoms with Gasteiger partial charge < -0.3 is 19.0 Å². The summed E-state index contributed by atoms with van der Waals surface area (Å²) in [4.78, 5) is 24.4. The Labute approximate surface area is 184 Å². The van der Waals surface area contributed by atoms with E-state index in [1.54, 1.807) is 16.2 Å². The van der Waals surface area contributed by atoms with Crippen molar-refractivity contribution in [2.24, 2.45) is 0 Å². The highest BCUT2D eigenvalue weighted by atomic mass is 32.1. The van der Waals surface area contributed by atoms with Crippen LogP contribution in [0.2, 0.25) is 0 Å². The molecule has 0 saturated carbocycles. The van der Waals surface area contributed by atoms with Gasteiger partial charge in [0, 0.05) is 30.9 Å². The number of β-amino-alcohol motifs (C(OH)–C–C–N with tert-alkyl or cyclic N) is 1. The molecule has 4 aromatic rings. The molecule has 0 unspecified atom stereocenters. The molecular formula is C23H25N5O2S. The van der Waals surface area contributed by atoms with Crippen LogP contribution in [-0.4, -0.2) is 54.0 Å². The van der Waals surface area contributed by atoms with E-state index in [0.717, 1.165) is 46.3 Å². The lowest BCUT2D eigenvalue weighted by molar-refractivity contribution is 0.0475. The zero-order valence-electron chi connectivity index (χ0n) is 17.7. The van der Waals surface area contributed by atoms with Gasteiger partial charge in [-0.2, -0.15) is 0 Å². The minimum atomic E-state index is -0.446. The van der Waals surface area contributed by atoms with Crippen LogP contribution in [0, 0.1) is 13.8 Å². The van der Waals surface area contributed by atoms with Crippen molar-refractivity contribution in [3.8, 4) is 11.4 Å². The fourth-order valence-electron chi connectivity index (χ4n) is 4.28. The van der Waals surface area contributed by atoms with Crippen molar-refractivity contribution >= 4 is 22.8 Å². The zero-order valence-corrected chi connectivity index (χ0v) is 18.5. The third-order valence-electron chi connectivity index (χ3n) is 5.83. The van der Waals surface area contributed by atoms with Gasteiger partial charge in [-0.1, -0.05) is 6.07 Å². The normalized spacial score (nSPS) is 16.9. The van der Waals surface area contributed by atoms with E-state index in [1.807, 2.05) is 54.9 Å². The number of aryl methyl sites for hydroxylation is 2. The number of nitrogens with zero attached hydrogens (tertiary/aromatic N) is 5. The summed E-state index contributed by atoms with van der Waals surface area (Å²) in [6, 6.07) is 7.78. The van der Waals surface area contributed by atoms with Gasteiger partial charge in [0.2, 0.25) is 0 Å². The molecule has 1 fully saturated rings. The molecule has 1 aliphatic rings. The third kappa shape index (κ3) is 3.77. The van der Waals surface area contributed by atoms with Crippen molar-refractivity contribution in [3.05, 3.63) is 64.1 Å². The molecular weight excluding hydrogens is 410 g/mol. The number of thiazole rings is 1. The van der Waals surface area contributed by atoms with Crippen LogP contribution in [0.4, 0.5) is 0 Å². The lowest BCUT2D eigenvalue weighted by Crippen LogP contribution is -2.42. The van der Waals surface area contributed by atoms with Crippen molar-refractivity contribution < 1.29 is 9.90 Å². The molecule has 1 aliphatic heterocycles. The standard InChI is InChI=1S/C23H25N5O2S/c1-15-24-20(13-27(15)11-17-14-31-16(2)25-17)22-10-19(21-7-3-4-9-28(21)22)23(30)26-8-5-6-18(29)12-26/h3-4,7,9-10,13-14,18,29H,5-6,8,11-12H2,1-2H3/t18-/m0/s1. The van der Waals surface area contributed by atoms with Crippen LogP contribution in [0.5, 0.6) is 0 Å². The van der Waals surface area contributed by atoms with Crippen LogP contribution in [0.3, 0.4) is 0 Å². The minimum Gasteiger partial charge on any atom is -0.391 e. The van der Waals surface area contributed by atoms with Gasteiger partial charge in [0.1, 0.15) is 11.5 Å². The fourth-order valence-corrected chi connectivity index (χ4v) is 4.88. The fraction of sp³-hybridized carbons (Fsp3) is 0.348. The topological polar surface area (TPSA) is 75.7 Å². The third-order valence-corrected chi connectivity index (χ3v) is 6.65. The minimum absolute atomic E-state index is 0.0391. The Morgan fingerprint density at radius 2 is 2.16 bits per heavy atom. The summed E-state index contributed by atoms with van der Waals surface area (Å²) in [5, 5.41) is 13.1. The number of rotatable bonds is 4. The number of hydrogen-bond acceptors (Lipinski definition) is 5. The Morgan fingerprint density at radius 1 is 1.29 bits per heavy atom. The van der Waals surface area contributed by atoms with E-state index in [2.05, 4.69) is 14.9 Å². The number of aliphatic hydroxyl groups excluding tert-OH is 1. The second kappa shape index (κ2) is 7.94. The maximum absolute atomic E-state index is 13.3. The van der Waals surface area contributed by atoms with E-state index in [-0.39, 0.29) is 5.91 Å². The first-order valence-corrected chi connectivity index (χ1v) is 11.4. The van der Waals surface area contributed by atoms with E-state index in [4.69, 9.17) is 4.98 Å². The number of amides is 1. The average molecular weight is 436 g/mol. The van der Waals surface area contributed by atoms with E-state index >= 15 is 0 Å². The Balaban J connectivity index is 1.52. The Hall–Kier alpha value is -2.97. The molecule has 1 N–H and O–H groups in total. The number of imidazole rings is 1. The predicted octanol–water partition coefficient (Wildman–Crippen LogP) is 3.52. The summed E-state index contributed by atoms with van der Waals surface area (Å²) < 4.78 is 4.11. The smallest absolute Gasteiger partial charge is 0.256 e. The number of carbonyl (C=O) groups excluding carboxylic acids is 1. The molecule has 0 spiro atoms. The number of aromatic nitrogens is 4. The summed E-state index contributed by atoms with van der Waals surface area (Å²) >= 11 is 1.65. The van der Waals surface area contributed by atoms with Gasteiger partial charge >= 0.3 is 0 Å². The summed E-state index contributed by atoms with van der Waals surface area (Å²) in [5.41, 5.74) is 4.22. The van der Waals surface area contributed by atoms with Crippen LogP contribution in [0.15, 0.2) is 42.0 Å². The van der Waals surface area contributed by atoms with Crippen molar-refractivity contribution in [2.45, 2.75) is 39.3 Å². The molecule has 5 rings (SSSR count).